The monoisotopic (exact) mass is 474 g/mol. The number of nitriles is 1. The van der Waals surface area contributed by atoms with Crippen LogP contribution in [-0.2, 0) is 11.4 Å². The number of methoxy groups -OCH3 is 1. The van der Waals surface area contributed by atoms with E-state index in [4.69, 9.17) is 9.47 Å². The third-order valence-electron chi connectivity index (χ3n) is 4.72. The van der Waals surface area contributed by atoms with Gasteiger partial charge in [0.2, 0.25) is 0 Å². The summed E-state index contributed by atoms with van der Waals surface area (Å²) in [6, 6.07) is 17.9. The summed E-state index contributed by atoms with van der Waals surface area (Å²) in [6.07, 6.45) is 1.34. The molecule has 1 amide bonds. The van der Waals surface area contributed by atoms with E-state index in [-0.39, 0.29) is 29.2 Å². The van der Waals surface area contributed by atoms with Crippen molar-refractivity contribution in [3.63, 3.8) is 0 Å². The van der Waals surface area contributed by atoms with Crippen LogP contribution in [0.1, 0.15) is 11.1 Å². The van der Waals surface area contributed by atoms with Gasteiger partial charge in [0.05, 0.1) is 17.0 Å². The number of hydrogen-bond donors (Lipinski definition) is 1. The predicted molar refractivity (Wildman–Crippen MR) is 126 cm³/mol. The second kappa shape index (κ2) is 11.1. The average Bonchev–Trinajstić information content (AvgIpc) is 2.86. The van der Waals surface area contributed by atoms with Gasteiger partial charge in [0.15, 0.2) is 11.5 Å². The number of hydrogen-bond acceptors (Lipinski definition) is 8. The number of benzene rings is 3. The highest BCUT2D eigenvalue weighted by atomic mass is 16.6. The lowest BCUT2D eigenvalue weighted by molar-refractivity contribution is -0.385. The van der Waals surface area contributed by atoms with Gasteiger partial charge in [-0.15, -0.1) is 0 Å². The Hall–Kier alpha value is -5.24. The molecule has 0 fully saturated rings. The number of non-ortho nitro benzene ring substituents is 2. The molecule has 11 nitrogen and oxygen atoms in total. The summed E-state index contributed by atoms with van der Waals surface area (Å²) >= 11 is 0. The molecule has 0 unspecified atom stereocenters. The Labute approximate surface area is 199 Å². The van der Waals surface area contributed by atoms with Crippen LogP contribution in [0, 0.1) is 31.6 Å². The Morgan fingerprint density at radius 2 is 1.71 bits per heavy atom. The molecule has 0 saturated heterocycles. The number of nitro groups is 2. The van der Waals surface area contributed by atoms with E-state index in [1.165, 1.54) is 49.6 Å². The maximum atomic E-state index is 12.5. The van der Waals surface area contributed by atoms with Crippen LogP contribution < -0.4 is 14.8 Å². The van der Waals surface area contributed by atoms with Gasteiger partial charge in [-0.2, -0.15) is 5.26 Å². The largest absolute Gasteiger partial charge is 0.493 e. The maximum Gasteiger partial charge on any atom is 0.271 e. The summed E-state index contributed by atoms with van der Waals surface area (Å²) in [4.78, 5) is 33.1. The van der Waals surface area contributed by atoms with E-state index in [1.807, 2.05) is 6.07 Å². The number of nitrogens with zero attached hydrogens (tertiary/aromatic N) is 3. The molecule has 0 radical (unpaired) electrons. The second-order valence-corrected chi connectivity index (χ2v) is 7.05. The molecule has 176 valence electrons. The Balaban J connectivity index is 1.73. The molecule has 0 aliphatic heterocycles. The van der Waals surface area contributed by atoms with Crippen LogP contribution in [0.5, 0.6) is 11.5 Å². The Bertz CT molecular complexity index is 1340. The van der Waals surface area contributed by atoms with Crippen molar-refractivity contribution < 1.29 is 24.1 Å². The van der Waals surface area contributed by atoms with Gasteiger partial charge < -0.3 is 14.8 Å². The van der Waals surface area contributed by atoms with Crippen molar-refractivity contribution in [3.8, 4) is 17.6 Å². The third-order valence-corrected chi connectivity index (χ3v) is 4.72. The molecule has 0 bridgehead atoms. The quantitative estimate of drug-likeness (QED) is 0.203. The van der Waals surface area contributed by atoms with Gasteiger partial charge in [-0.3, -0.25) is 25.0 Å². The SMILES string of the molecule is COc1cc(/C=C(/C#N)C(=O)Nc2cccc([N+](=O)[O-])c2)ccc1OCc1ccc([N+](=O)[O-])cc1. The fraction of sp³-hybridized carbons (Fsp3) is 0.0833. The van der Waals surface area contributed by atoms with Gasteiger partial charge in [0, 0.05) is 30.0 Å². The minimum Gasteiger partial charge on any atom is -0.493 e. The van der Waals surface area contributed by atoms with Crippen LogP contribution in [0.3, 0.4) is 0 Å². The van der Waals surface area contributed by atoms with Crippen molar-refractivity contribution in [3.05, 3.63) is 104 Å². The van der Waals surface area contributed by atoms with Gasteiger partial charge in [0.1, 0.15) is 18.2 Å². The molecule has 0 aromatic heterocycles. The Morgan fingerprint density at radius 1 is 1.00 bits per heavy atom. The Morgan fingerprint density at radius 3 is 2.34 bits per heavy atom. The summed E-state index contributed by atoms with van der Waals surface area (Å²) in [6.45, 7) is 0.138. The Kier molecular flexibility index (Phi) is 7.71. The van der Waals surface area contributed by atoms with Crippen molar-refractivity contribution >= 4 is 29.0 Å². The fourth-order valence-corrected chi connectivity index (χ4v) is 2.98. The molecular formula is C24H18N4O7. The summed E-state index contributed by atoms with van der Waals surface area (Å²) in [5, 5.41) is 33.6. The molecule has 3 rings (SSSR count). The van der Waals surface area contributed by atoms with Crippen LogP contribution in [0.2, 0.25) is 0 Å². The lowest BCUT2D eigenvalue weighted by atomic mass is 10.1. The minimum atomic E-state index is -0.731. The maximum absolute atomic E-state index is 12.5. The normalized spacial score (nSPS) is 10.7. The number of rotatable bonds is 9. The standard InChI is InChI=1S/C24H18N4O7/c1-34-23-12-17(7-10-22(23)35-15-16-5-8-20(9-6-16)27(30)31)11-18(14-25)24(29)26-19-3-2-4-21(13-19)28(32)33/h2-13H,15H2,1H3,(H,26,29)/b18-11-. The smallest absolute Gasteiger partial charge is 0.271 e. The van der Waals surface area contributed by atoms with Crippen molar-refractivity contribution in [2.75, 3.05) is 12.4 Å². The first-order chi connectivity index (χ1) is 16.8. The molecule has 3 aromatic carbocycles. The van der Waals surface area contributed by atoms with Crippen LogP contribution in [0.4, 0.5) is 17.1 Å². The number of ether oxygens (including phenoxy) is 2. The van der Waals surface area contributed by atoms with Crippen molar-refractivity contribution in [1.29, 1.82) is 5.26 Å². The molecule has 3 aromatic rings. The highest BCUT2D eigenvalue weighted by Gasteiger charge is 2.13. The summed E-state index contributed by atoms with van der Waals surface area (Å²) in [5.74, 6) is 0.00469. The van der Waals surface area contributed by atoms with E-state index in [2.05, 4.69) is 5.32 Å². The molecule has 0 saturated carbocycles. The van der Waals surface area contributed by atoms with Crippen LogP contribution in [0.15, 0.2) is 72.3 Å². The highest BCUT2D eigenvalue weighted by Crippen LogP contribution is 2.30. The van der Waals surface area contributed by atoms with Crippen molar-refractivity contribution in [2.45, 2.75) is 6.61 Å². The molecule has 0 atom stereocenters. The van der Waals surface area contributed by atoms with E-state index in [9.17, 15) is 30.3 Å². The molecular weight excluding hydrogens is 456 g/mol. The summed E-state index contributed by atoms with van der Waals surface area (Å²) < 4.78 is 11.1. The molecule has 11 heteroatoms. The van der Waals surface area contributed by atoms with Gasteiger partial charge in [-0.05, 0) is 47.5 Å². The van der Waals surface area contributed by atoms with E-state index in [1.54, 1.807) is 30.3 Å². The molecule has 35 heavy (non-hydrogen) atoms. The first-order valence-corrected chi connectivity index (χ1v) is 10.0. The number of carbonyl (C=O) groups is 1. The number of carbonyl (C=O) groups excluding carboxylic acids is 1. The molecule has 0 aliphatic carbocycles. The lowest BCUT2D eigenvalue weighted by Gasteiger charge is -2.11. The average molecular weight is 474 g/mol. The van der Waals surface area contributed by atoms with Crippen LogP contribution in [0.25, 0.3) is 6.08 Å². The molecule has 0 aliphatic rings. The van der Waals surface area contributed by atoms with Crippen LogP contribution >= 0.6 is 0 Å². The number of nitrogens with one attached hydrogen (secondary N) is 1. The summed E-state index contributed by atoms with van der Waals surface area (Å²) in [7, 11) is 1.43. The fourth-order valence-electron chi connectivity index (χ4n) is 2.98. The van der Waals surface area contributed by atoms with E-state index < -0.39 is 15.8 Å². The number of nitro benzene ring substituents is 2. The van der Waals surface area contributed by atoms with Crippen molar-refractivity contribution in [1.82, 2.24) is 0 Å². The summed E-state index contributed by atoms with van der Waals surface area (Å²) in [5.41, 5.74) is 0.933. The topological polar surface area (TPSA) is 158 Å². The zero-order valence-electron chi connectivity index (χ0n) is 18.3. The van der Waals surface area contributed by atoms with Crippen LogP contribution in [-0.4, -0.2) is 22.9 Å². The molecule has 1 N–H and O–H groups in total. The van der Waals surface area contributed by atoms with Gasteiger partial charge in [0.25, 0.3) is 17.3 Å². The van der Waals surface area contributed by atoms with Crippen molar-refractivity contribution in [2.24, 2.45) is 0 Å². The third kappa shape index (κ3) is 6.39. The zero-order chi connectivity index (χ0) is 25.4. The van der Waals surface area contributed by atoms with Gasteiger partial charge >= 0.3 is 0 Å². The minimum absolute atomic E-state index is 0.0229. The predicted octanol–water partition coefficient (Wildman–Crippen LogP) is 4.64. The highest BCUT2D eigenvalue weighted by molar-refractivity contribution is 6.09. The first-order valence-electron chi connectivity index (χ1n) is 10.0. The van der Waals surface area contributed by atoms with E-state index in [0.717, 1.165) is 0 Å². The van der Waals surface area contributed by atoms with Gasteiger partial charge in [-0.1, -0.05) is 12.1 Å². The zero-order valence-corrected chi connectivity index (χ0v) is 18.3. The van der Waals surface area contributed by atoms with E-state index in [0.29, 0.717) is 22.6 Å². The number of anilines is 1. The molecule has 0 heterocycles. The first kappa shape index (κ1) is 24.4. The number of amides is 1. The lowest BCUT2D eigenvalue weighted by Crippen LogP contribution is -2.13. The van der Waals surface area contributed by atoms with Gasteiger partial charge in [-0.25, -0.2) is 0 Å². The molecule has 0 spiro atoms. The second-order valence-electron chi connectivity index (χ2n) is 7.05. The van der Waals surface area contributed by atoms with E-state index >= 15 is 0 Å².